The Morgan fingerprint density at radius 3 is 1.14 bits per heavy atom. The maximum absolute atomic E-state index is 14.0. The van der Waals surface area contributed by atoms with Gasteiger partial charge in [-0.05, 0) is 52.4 Å². The SMILES string of the molecule is CO[C@H]1O[C@H](COS(=O)(=O)c2ccc(C)cc2)[C@@H](O[C@H]2O[C@H](COCc3ccccc3)[C@H](OCc3ccccc3)[C@H](OCc3ccccc3)[C@H]2OCc2ccccc2)[C@H](OCc2ccccc2)[C@H]1OCc1ccccc1. The van der Waals surface area contributed by atoms with E-state index in [0.717, 1.165) is 38.9 Å². The van der Waals surface area contributed by atoms with Gasteiger partial charge in [-0.3, -0.25) is 4.18 Å². The van der Waals surface area contributed by atoms with Gasteiger partial charge in [0.25, 0.3) is 10.1 Å². The van der Waals surface area contributed by atoms with Crippen molar-refractivity contribution in [3.63, 3.8) is 0 Å². The van der Waals surface area contributed by atoms with Gasteiger partial charge >= 0.3 is 0 Å². The summed E-state index contributed by atoms with van der Waals surface area (Å²) in [5.74, 6) is 0. The van der Waals surface area contributed by atoms with Gasteiger partial charge in [0, 0.05) is 7.11 Å². The van der Waals surface area contributed by atoms with Gasteiger partial charge in [0.05, 0.1) is 57.8 Å². The predicted octanol–water partition coefficient (Wildman–Crippen LogP) is 10.3. The molecule has 10 atom stereocenters. The highest BCUT2D eigenvalue weighted by molar-refractivity contribution is 7.86. The van der Waals surface area contributed by atoms with Crippen LogP contribution in [0.2, 0.25) is 0 Å². The van der Waals surface area contributed by atoms with E-state index in [-0.39, 0.29) is 44.5 Å². The molecule has 0 aliphatic carbocycles. The fourth-order valence-corrected chi connectivity index (χ4v) is 10.1. The van der Waals surface area contributed by atoms with Gasteiger partial charge in [-0.2, -0.15) is 8.42 Å². The van der Waals surface area contributed by atoms with Gasteiger partial charge < -0.3 is 47.4 Å². The molecule has 0 N–H and O–H groups in total. The van der Waals surface area contributed by atoms with Crippen LogP contribution in [0.15, 0.2) is 211 Å². The highest BCUT2D eigenvalue weighted by Gasteiger charge is 2.55. The molecule has 2 saturated heterocycles. The second kappa shape index (κ2) is 27.9. The minimum atomic E-state index is -4.32. The summed E-state index contributed by atoms with van der Waals surface area (Å²) in [6.45, 7) is 2.59. The molecule has 2 heterocycles. The highest BCUT2D eigenvalue weighted by Crippen LogP contribution is 2.37. The van der Waals surface area contributed by atoms with E-state index in [1.807, 2.05) is 189 Å². The summed E-state index contributed by atoms with van der Waals surface area (Å²) in [6.07, 6.45) is -10.0. The molecule has 0 unspecified atom stereocenters. The van der Waals surface area contributed by atoms with Crippen molar-refractivity contribution in [1.29, 1.82) is 0 Å². The minimum Gasteiger partial charge on any atom is -0.374 e. The molecule has 0 aromatic heterocycles. The van der Waals surface area contributed by atoms with E-state index in [1.165, 1.54) is 19.2 Å². The molecule has 7 aromatic carbocycles. The topological polar surface area (TPSA) is 136 Å². The largest absolute Gasteiger partial charge is 0.374 e. The molecule has 0 amide bonds. The zero-order valence-electron chi connectivity index (χ0n) is 42.8. The average molecular weight is 1050 g/mol. The third kappa shape index (κ3) is 15.4. The predicted molar refractivity (Wildman–Crippen MR) is 285 cm³/mol. The zero-order valence-corrected chi connectivity index (χ0v) is 43.6. The lowest BCUT2D eigenvalue weighted by Gasteiger charge is -2.50. The van der Waals surface area contributed by atoms with Crippen LogP contribution in [0.5, 0.6) is 0 Å². The van der Waals surface area contributed by atoms with E-state index < -0.39 is 78.1 Å². The van der Waals surface area contributed by atoms with Crippen LogP contribution in [0.25, 0.3) is 0 Å². The summed E-state index contributed by atoms with van der Waals surface area (Å²) >= 11 is 0. The molecule has 14 heteroatoms. The number of ether oxygens (including phenoxy) is 10. The van der Waals surface area contributed by atoms with E-state index in [0.29, 0.717) is 6.61 Å². The average Bonchev–Trinajstić information content (AvgIpc) is 3.47. The Bertz CT molecular complexity index is 2850. The lowest BCUT2D eigenvalue weighted by Crippen LogP contribution is -2.66. The van der Waals surface area contributed by atoms with Crippen molar-refractivity contribution in [1.82, 2.24) is 0 Å². The lowest BCUT2D eigenvalue weighted by molar-refractivity contribution is -0.375. The van der Waals surface area contributed by atoms with E-state index in [1.54, 1.807) is 12.1 Å². The Labute approximate surface area is 446 Å². The summed E-state index contributed by atoms with van der Waals surface area (Å²) in [5.41, 5.74) is 6.42. The van der Waals surface area contributed by atoms with Crippen molar-refractivity contribution in [2.75, 3.05) is 20.3 Å². The van der Waals surface area contributed by atoms with Gasteiger partial charge in [-0.1, -0.05) is 200 Å². The zero-order chi connectivity index (χ0) is 52.4. The molecule has 9 rings (SSSR count). The fourth-order valence-electron chi connectivity index (χ4n) is 9.21. The first-order valence-electron chi connectivity index (χ1n) is 25.6. The first-order valence-corrected chi connectivity index (χ1v) is 27.0. The van der Waals surface area contributed by atoms with Gasteiger partial charge in [-0.25, -0.2) is 0 Å². The quantitative estimate of drug-likeness (QED) is 0.0477. The minimum absolute atomic E-state index is 0.0149. The Morgan fingerprint density at radius 2 is 0.724 bits per heavy atom. The summed E-state index contributed by atoms with van der Waals surface area (Å²) in [7, 11) is -2.82. The number of hydrogen-bond donors (Lipinski definition) is 0. The van der Waals surface area contributed by atoms with Crippen molar-refractivity contribution in [3.8, 4) is 0 Å². The van der Waals surface area contributed by atoms with E-state index >= 15 is 0 Å². The van der Waals surface area contributed by atoms with Crippen LogP contribution in [-0.2, 0) is 101 Å². The first kappa shape index (κ1) is 54.8. The Hall–Kier alpha value is -5.95. The number of methoxy groups -OCH3 is 1. The molecule has 0 saturated carbocycles. The number of hydrogen-bond acceptors (Lipinski definition) is 13. The summed E-state index contributed by atoms with van der Waals surface area (Å²) < 4.78 is 103. The normalized spacial score (nSPS) is 23.8. The molecule has 0 bridgehead atoms. The first-order chi connectivity index (χ1) is 37.3. The summed E-state index contributed by atoms with van der Waals surface area (Å²) in [5, 5.41) is 0. The summed E-state index contributed by atoms with van der Waals surface area (Å²) in [4.78, 5) is -0.0149. The number of rotatable bonds is 26. The van der Waals surface area contributed by atoms with Crippen LogP contribution in [0.3, 0.4) is 0 Å². The Balaban J connectivity index is 1.13. The number of aryl methyl sites for hydroxylation is 1. The van der Waals surface area contributed by atoms with Crippen molar-refractivity contribution >= 4 is 10.1 Å². The van der Waals surface area contributed by atoms with Crippen LogP contribution in [0.4, 0.5) is 0 Å². The van der Waals surface area contributed by atoms with Gasteiger partial charge in [0.15, 0.2) is 12.6 Å². The Morgan fingerprint density at radius 1 is 0.382 bits per heavy atom. The molecule has 7 aromatic rings. The molecule has 76 heavy (non-hydrogen) atoms. The highest BCUT2D eigenvalue weighted by atomic mass is 32.2. The fraction of sp³-hybridized carbons (Fsp3) is 0.323. The molecule has 2 aliphatic heterocycles. The van der Waals surface area contributed by atoms with Crippen molar-refractivity contribution in [3.05, 3.63) is 245 Å². The van der Waals surface area contributed by atoms with Gasteiger partial charge in [0.1, 0.15) is 48.8 Å². The maximum atomic E-state index is 14.0. The Kier molecular flexibility index (Phi) is 20.1. The molecule has 2 fully saturated rings. The standard InChI is InChI=1S/C62H66O13S/c1-45-33-35-52(36-34-45)76(63,64)72-44-54-56(58(69-40-49-27-15-6-16-28-49)59(61(65-2)73-54)70-41-50-29-17-7-18-30-50)75-62-60(71-42-51-31-19-8-20-32-51)57(68-39-48-25-13-5-14-26-48)55(67-38-47-23-11-4-12-24-47)53(74-62)43-66-37-46-21-9-3-10-22-46/h3-36,53-62H,37-44H2,1-2H3/t53-,54-,55+,56-,57+,58+,59-,60-,61+,62-/m1/s1. The second-order valence-electron chi connectivity index (χ2n) is 18.8. The number of benzene rings is 7. The molecule has 13 nitrogen and oxygen atoms in total. The molecule has 2 aliphatic rings. The third-order valence-electron chi connectivity index (χ3n) is 13.2. The van der Waals surface area contributed by atoms with Crippen LogP contribution >= 0.6 is 0 Å². The van der Waals surface area contributed by atoms with Gasteiger partial charge in [-0.15, -0.1) is 0 Å². The molecule has 398 valence electrons. The van der Waals surface area contributed by atoms with Crippen LogP contribution in [0.1, 0.15) is 38.9 Å². The second-order valence-corrected chi connectivity index (χ2v) is 20.4. The monoisotopic (exact) mass is 1050 g/mol. The molecular formula is C62H66O13S. The van der Waals surface area contributed by atoms with Crippen molar-refractivity contribution in [2.24, 2.45) is 0 Å². The van der Waals surface area contributed by atoms with Crippen LogP contribution in [0, 0.1) is 6.92 Å². The van der Waals surface area contributed by atoms with E-state index in [9.17, 15) is 8.42 Å². The molecule has 0 radical (unpaired) electrons. The molecular weight excluding hydrogens is 985 g/mol. The van der Waals surface area contributed by atoms with Crippen molar-refractivity contribution in [2.45, 2.75) is 113 Å². The van der Waals surface area contributed by atoms with E-state index in [2.05, 4.69) is 0 Å². The smallest absolute Gasteiger partial charge is 0.297 e. The van der Waals surface area contributed by atoms with Gasteiger partial charge in [0.2, 0.25) is 0 Å². The third-order valence-corrected chi connectivity index (χ3v) is 14.5. The van der Waals surface area contributed by atoms with E-state index in [4.69, 9.17) is 51.6 Å². The van der Waals surface area contributed by atoms with Crippen LogP contribution < -0.4 is 0 Å². The maximum Gasteiger partial charge on any atom is 0.297 e. The van der Waals surface area contributed by atoms with Crippen molar-refractivity contribution < 1.29 is 60.0 Å². The molecule has 0 spiro atoms. The lowest BCUT2D eigenvalue weighted by atomic mass is 9.95. The van der Waals surface area contributed by atoms with Crippen LogP contribution in [-0.4, -0.2) is 90.2 Å². The summed E-state index contributed by atoms with van der Waals surface area (Å²) in [6, 6.07) is 65.4.